The van der Waals surface area contributed by atoms with Crippen molar-refractivity contribution < 1.29 is 29.0 Å². The van der Waals surface area contributed by atoms with Gasteiger partial charge in [0, 0.05) is 20.8 Å². The van der Waals surface area contributed by atoms with Crippen LogP contribution in [0.25, 0.3) is 0 Å². The third-order valence-corrected chi connectivity index (χ3v) is 3.23. The molecule has 160 valence electrons. The fourth-order valence-electron chi connectivity index (χ4n) is 2.12. The van der Waals surface area contributed by atoms with Crippen molar-refractivity contribution in [2.45, 2.75) is 33.6 Å². The van der Waals surface area contributed by atoms with E-state index in [0.29, 0.717) is 17.9 Å². The molecule has 0 radical (unpaired) electrons. The van der Waals surface area contributed by atoms with Crippen LogP contribution < -0.4 is 4.74 Å². The molecular formula is C24H28O6. The van der Waals surface area contributed by atoms with Crippen LogP contribution in [0, 0.1) is 0 Å². The maximum absolute atomic E-state index is 10.7. The maximum Gasteiger partial charge on any atom is 0.310 e. The van der Waals surface area contributed by atoms with Gasteiger partial charge in [0.2, 0.25) is 0 Å². The number of carbonyl (C=O) groups is 3. The quantitative estimate of drug-likeness (QED) is 0.335. The van der Waals surface area contributed by atoms with Gasteiger partial charge < -0.3 is 14.6 Å². The van der Waals surface area contributed by atoms with Crippen molar-refractivity contribution in [3.05, 3.63) is 85.0 Å². The molecule has 0 unspecified atom stereocenters. The van der Waals surface area contributed by atoms with E-state index < -0.39 is 11.9 Å². The van der Waals surface area contributed by atoms with Gasteiger partial charge in [-0.1, -0.05) is 48.6 Å². The Bertz CT molecular complexity index is 842. The van der Waals surface area contributed by atoms with E-state index in [9.17, 15) is 19.5 Å². The number of ether oxygens (including phenoxy) is 2. The predicted octanol–water partition coefficient (Wildman–Crippen LogP) is 4.56. The van der Waals surface area contributed by atoms with Crippen LogP contribution in [0.2, 0.25) is 0 Å². The summed E-state index contributed by atoms with van der Waals surface area (Å²) >= 11 is 0. The molecule has 0 amide bonds. The van der Waals surface area contributed by atoms with E-state index in [1.54, 1.807) is 24.3 Å². The molecule has 0 atom stereocenters. The van der Waals surface area contributed by atoms with Crippen LogP contribution in [0.1, 0.15) is 31.9 Å². The summed E-state index contributed by atoms with van der Waals surface area (Å²) in [6, 6.07) is 14.7. The van der Waals surface area contributed by atoms with E-state index in [1.807, 2.05) is 36.4 Å². The number of phenols is 1. The highest BCUT2D eigenvalue weighted by Crippen LogP contribution is 2.18. The lowest BCUT2D eigenvalue weighted by Crippen LogP contribution is -2.03. The van der Waals surface area contributed by atoms with Gasteiger partial charge in [0.1, 0.15) is 11.5 Å². The molecule has 2 rings (SSSR count). The third-order valence-electron chi connectivity index (χ3n) is 3.23. The van der Waals surface area contributed by atoms with Crippen LogP contribution in [0.15, 0.2) is 73.8 Å². The Kier molecular flexibility index (Phi) is 13.4. The summed E-state index contributed by atoms with van der Waals surface area (Å²) in [6.07, 6.45) is 4.99. The minimum atomic E-state index is -0.562. The number of allylic oxidation sites excluding steroid dienone is 2. The Morgan fingerprint density at radius 3 is 1.70 bits per heavy atom. The first kappa shape index (κ1) is 26.3. The van der Waals surface area contributed by atoms with Crippen molar-refractivity contribution in [2.75, 3.05) is 0 Å². The Labute approximate surface area is 177 Å². The van der Waals surface area contributed by atoms with Gasteiger partial charge in [0.25, 0.3) is 0 Å². The van der Waals surface area contributed by atoms with Gasteiger partial charge in [-0.15, -0.1) is 13.2 Å². The second-order valence-electron chi connectivity index (χ2n) is 5.90. The van der Waals surface area contributed by atoms with E-state index in [4.69, 9.17) is 4.74 Å². The average molecular weight is 412 g/mol. The molecule has 2 aromatic rings. The number of benzene rings is 2. The molecule has 0 aliphatic heterocycles. The SMILES string of the molecule is C=CCc1ccccc1O.C=CCc1ccccc1OC(C)=O.CC(=O)OC(C)=O. The van der Waals surface area contributed by atoms with Gasteiger partial charge >= 0.3 is 17.9 Å². The molecule has 0 saturated heterocycles. The molecular weight excluding hydrogens is 384 g/mol. The fraction of sp³-hybridized carbons (Fsp3) is 0.208. The molecule has 0 heterocycles. The van der Waals surface area contributed by atoms with Crippen LogP contribution in [0.5, 0.6) is 11.5 Å². The summed E-state index contributed by atoms with van der Waals surface area (Å²) in [5.74, 6) is -0.450. The van der Waals surface area contributed by atoms with E-state index in [2.05, 4.69) is 17.9 Å². The van der Waals surface area contributed by atoms with Crippen molar-refractivity contribution in [3.63, 3.8) is 0 Å². The van der Waals surface area contributed by atoms with Gasteiger partial charge in [0.15, 0.2) is 0 Å². The van der Waals surface area contributed by atoms with Crippen LogP contribution in [-0.4, -0.2) is 23.0 Å². The first-order valence-corrected chi connectivity index (χ1v) is 9.15. The summed E-state index contributed by atoms with van der Waals surface area (Å²) in [6.45, 7) is 11.0. The van der Waals surface area contributed by atoms with E-state index in [0.717, 1.165) is 17.5 Å². The minimum absolute atomic E-state index is 0.295. The van der Waals surface area contributed by atoms with Crippen LogP contribution in [-0.2, 0) is 32.0 Å². The number of esters is 3. The zero-order valence-corrected chi connectivity index (χ0v) is 17.6. The highest BCUT2D eigenvalue weighted by atomic mass is 16.6. The molecule has 0 saturated carbocycles. The summed E-state index contributed by atoms with van der Waals surface area (Å²) in [7, 11) is 0. The summed E-state index contributed by atoms with van der Waals surface area (Å²) < 4.78 is 8.98. The van der Waals surface area contributed by atoms with Crippen molar-refractivity contribution in [2.24, 2.45) is 0 Å². The minimum Gasteiger partial charge on any atom is -0.508 e. The molecule has 1 N–H and O–H groups in total. The highest BCUT2D eigenvalue weighted by Gasteiger charge is 2.02. The maximum atomic E-state index is 10.7. The first-order chi connectivity index (χ1) is 14.2. The lowest BCUT2D eigenvalue weighted by molar-refractivity contribution is -0.156. The van der Waals surface area contributed by atoms with Crippen molar-refractivity contribution >= 4 is 17.9 Å². The van der Waals surface area contributed by atoms with Crippen LogP contribution >= 0.6 is 0 Å². The predicted molar refractivity (Wildman–Crippen MR) is 116 cm³/mol. The fourth-order valence-corrected chi connectivity index (χ4v) is 2.12. The summed E-state index contributed by atoms with van der Waals surface area (Å²) in [5.41, 5.74) is 1.91. The van der Waals surface area contributed by atoms with E-state index in [-0.39, 0.29) is 5.97 Å². The number of carbonyl (C=O) groups excluding carboxylic acids is 3. The van der Waals surface area contributed by atoms with Crippen molar-refractivity contribution in [1.29, 1.82) is 0 Å². The highest BCUT2D eigenvalue weighted by molar-refractivity contribution is 5.82. The van der Waals surface area contributed by atoms with Crippen molar-refractivity contribution in [3.8, 4) is 11.5 Å². The van der Waals surface area contributed by atoms with Crippen LogP contribution in [0.3, 0.4) is 0 Å². The van der Waals surface area contributed by atoms with E-state index >= 15 is 0 Å². The molecule has 30 heavy (non-hydrogen) atoms. The standard InChI is InChI=1S/C11H12O2.C9H10O.C4H6O3/c1-3-6-10-7-4-5-8-11(10)13-9(2)12;1-2-5-8-6-3-4-7-9(8)10;1-3(5)7-4(2)6/h3-5,7-8H,1,6H2,2H3;2-4,6-7,10H,1,5H2;1-2H3. The zero-order chi connectivity index (χ0) is 22.9. The number of phenolic OH excluding ortho intramolecular Hbond substituents is 1. The van der Waals surface area contributed by atoms with Gasteiger partial charge in [-0.05, 0) is 36.1 Å². The molecule has 6 heteroatoms. The Morgan fingerprint density at radius 2 is 1.27 bits per heavy atom. The van der Waals surface area contributed by atoms with Gasteiger partial charge in [0.05, 0.1) is 0 Å². The normalized spacial score (nSPS) is 8.90. The smallest absolute Gasteiger partial charge is 0.310 e. The molecule has 0 aliphatic carbocycles. The Balaban J connectivity index is 0.000000442. The number of rotatable bonds is 5. The summed E-state index contributed by atoms with van der Waals surface area (Å²) in [5, 5.41) is 9.19. The number of hydrogen-bond donors (Lipinski definition) is 1. The van der Waals surface area contributed by atoms with Crippen LogP contribution in [0.4, 0.5) is 0 Å². The third kappa shape index (κ3) is 12.7. The lowest BCUT2D eigenvalue weighted by Gasteiger charge is -2.05. The zero-order valence-electron chi connectivity index (χ0n) is 17.6. The van der Waals surface area contributed by atoms with E-state index in [1.165, 1.54) is 20.8 Å². The average Bonchev–Trinajstić information content (AvgIpc) is 2.65. The molecule has 0 aromatic heterocycles. The second kappa shape index (κ2) is 15.3. The monoisotopic (exact) mass is 412 g/mol. The lowest BCUT2D eigenvalue weighted by atomic mass is 10.1. The topological polar surface area (TPSA) is 89.9 Å². The Morgan fingerprint density at radius 1 is 0.800 bits per heavy atom. The Hall–Kier alpha value is -3.67. The van der Waals surface area contributed by atoms with Crippen molar-refractivity contribution in [1.82, 2.24) is 0 Å². The molecule has 6 nitrogen and oxygen atoms in total. The van der Waals surface area contributed by atoms with Gasteiger partial charge in [-0.25, -0.2) is 0 Å². The first-order valence-electron chi connectivity index (χ1n) is 9.15. The molecule has 2 aromatic carbocycles. The number of aromatic hydroxyl groups is 1. The number of hydrogen-bond acceptors (Lipinski definition) is 6. The van der Waals surface area contributed by atoms with Gasteiger partial charge in [-0.2, -0.15) is 0 Å². The molecule has 0 spiro atoms. The summed E-state index contributed by atoms with van der Waals surface area (Å²) in [4.78, 5) is 30.3. The molecule has 0 bridgehead atoms. The molecule has 0 aliphatic rings. The van der Waals surface area contributed by atoms with Gasteiger partial charge in [-0.3, -0.25) is 14.4 Å². The number of para-hydroxylation sites is 2. The second-order valence-corrected chi connectivity index (χ2v) is 5.90. The largest absolute Gasteiger partial charge is 0.508 e. The molecule has 0 fully saturated rings.